The van der Waals surface area contributed by atoms with Gasteiger partial charge in [0.25, 0.3) is 0 Å². The lowest BCUT2D eigenvalue weighted by molar-refractivity contribution is 0.123. The molecule has 0 aromatic rings. The molecule has 0 aromatic carbocycles. The first kappa shape index (κ1) is 15.7. The van der Waals surface area contributed by atoms with Gasteiger partial charge in [0, 0.05) is 34.5 Å². The van der Waals surface area contributed by atoms with Crippen LogP contribution in [0.1, 0.15) is 13.3 Å². The summed E-state index contributed by atoms with van der Waals surface area (Å²) in [6, 6.07) is 0.885. The van der Waals surface area contributed by atoms with E-state index in [1.54, 1.807) is 28.4 Å². The average Bonchev–Trinajstić information content (AvgIpc) is 2.16. The summed E-state index contributed by atoms with van der Waals surface area (Å²) in [5, 5.41) is 0. The van der Waals surface area contributed by atoms with Crippen LogP contribution >= 0.6 is 0 Å². The van der Waals surface area contributed by atoms with Crippen molar-refractivity contribution in [2.75, 3.05) is 28.4 Å². The van der Waals surface area contributed by atoms with Crippen molar-refractivity contribution in [2.45, 2.75) is 19.4 Å². The van der Waals surface area contributed by atoms with Crippen LogP contribution in [0.15, 0.2) is 0 Å². The SMILES string of the molecule is CCC[Si](OC)(OC)OC.CO[SiH3]. The van der Waals surface area contributed by atoms with Gasteiger partial charge in [-0.15, -0.1) is 0 Å². The topological polar surface area (TPSA) is 36.9 Å². The first-order chi connectivity index (χ1) is 6.16. The zero-order chi connectivity index (χ0) is 10.7. The van der Waals surface area contributed by atoms with Gasteiger partial charge in [-0.2, -0.15) is 0 Å². The third-order valence-corrected chi connectivity index (χ3v) is 4.47. The first-order valence-electron chi connectivity index (χ1n) is 4.21. The van der Waals surface area contributed by atoms with Gasteiger partial charge in [-0.3, -0.25) is 0 Å². The van der Waals surface area contributed by atoms with Gasteiger partial charge in [-0.1, -0.05) is 13.3 Å². The summed E-state index contributed by atoms with van der Waals surface area (Å²) >= 11 is 0. The van der Waals surface area contributed by atoms with E-state index in [4.69, 9.17) is 13.3 Å². The Morgan fingerprint density at radius 3 is 1.38 bits per heavy atom. The molecule has 0 N–H and O–H groups in total. The molecule has 0 aliphatic rings. The Kier molecular flexibility index (Phi) is 12.5. The predicted octanol–water partition coefficient (Wildman–Crippen LogP) is 0.188. The van der Waals surface area contributed by atoms with Crippen molar-refractivity contribution >= 4 is 19.3 Å². The molecule has 0 saturated carbocycles. The third-order valence-electron chi connectivity index (χ3n) is 1.49. The summed E-state index contributed by atoms with van der Waals surface area (Å²) in [6.45, 7) is 2.08. The Morgan fingerprint density at radius 2 is 1.31 bits per heavy atom. The van der Waals surface area contributed by atoms with Crippen LogP contribution in [0.5, 0.6) is 0 Å². The average molecular weight is 226 g/mol. The van der Waals surface area contributed by atoms with E-state index in [0.29, 0.717) is 0 Å². The van der Waals surface area contributed by atoms with Gasteiger partial charge in [0.15, 0.2) is 0 Å². The van der Waals surface area contributed by atoms with Crippen molar-refractivity contribution < 1.29 is 17.7 Å². The first-order valence-corrected chi connectivity index (χ1v) is 6.96. The normalized spacial score (nSPS) is 10.8. The smallest absolute Gasteiger partial charge is 0.431 e. The van der Waals surface area contributed by atoms with Crippen LogP contribution in [-0.2, 0) is 17.7 Å². The lowest BCUT2D eigenvalue weighted by Gasteiger charge is -2.23. The minimum atomic E-state index is -2.22. The molecule has 0 fully saturated rings. The highest BCUT2D eigenvalue weighted by atomic mass is 28.4. The molecule has 0 unspecified atom stereocenters. The molecule has 0 aromatic heterocycles. The van der Waals surface area contributed by atoms with Gasteiger partial charge in [0.05, 0.1) is 0 Å². The van der Waals surface area contributed by atoms with Gasteiger partial charge >= 0.3 is 8.80 Å². The summed E-state index contributed by atoms with van der Waals surface area (Å²) in [6.07, 6.45) is 1.03. The number of hydrogen-bond donors (Lipinski definition) is 0. The van der Waals surface area contributed by atoms with Crippen molar-refractivity contribution in [1.29, 1.82) is 0 Å². The van der Waals surface area contributed by atoms with Gasteiger partial charge < -0.3 is 17.7 Å². The Balaban J connectivity index is 0. The Morgan fingerprint density at radius 1 is 1.00 bits per heavy atom. The summed E-state index contributed by atoms with van der Waals surface area (Å²) in [4.78, 5) is 0. The zero-order valence-corrected chi connectivity index (χ0v) is 12.5. The molecule has 0 rings (SSSR count). The molecule has 0 aliphatic heterocycles. The van der Waals surface area contributed by atoms with E-state index in [2.05, 4.69) is 11.3 Å². The van der Waals surface area contributed by atoms with Gasteiger partial charge in [-0.05, 0) is 0 Å². The maximum Gasteiger partial charge on any atom is 0.500 e. The van der Waals surface area contributed by atoms with E-state index >= 15 is 0 Å². The van der Waals surface area contributed by atoms with E-state index in [-0.39, 0.29) is 0 Å². The molecule has 0 heterocycles. The molecule has 0 radical (unpaired) electrons. The molecule has 0 atom stereocenters. The lowest BCUT2D eigenvalue weighted by Crippen LogP contribution is -2.42. The molecule has 0 saturated heterocycles. The standard InChI is InChI=1S/C6H16O3Si.CH6OSi/c1-5-6-10(7-2,8-3)9-4;1-2-3/h5-6H2,1-4H3;1,3H3. The highest BCUT2D eigenvalue weighted by Crippen LogP contribution is 2.13. The van der Waals surface area contributed by atoms with E-state index < -0.39 is 8.80 Å². The minimum absolute atomic E-state index is 0.869. The molecule has 82 valence electrons. The molecule has 0 amide bonds. The molecular weight excluding hydrogens is 204 g/mol. The fourth-order valence-corrected chi connectivity index (χ4v) is 2.59. The van der Waals surface area contributed by atoms with E-state index in [9.17, 15) is 0 Å². The van der Waals surface area contributed by atoms with Crippen LogP contribution in [0.4, 0.5) is 0 Å². The molecular formula is C7H22O4Si2. The lowest BCUT2D eigenvalue weighted by atomic mass is 10.6. The highest BCUT2D eigenvalue weighted by molar-refractivity contribution is 6.60. The maximum atomic E-state index is 5.17. The molecule has 0 bridgehead atoms. The third kappa shape index (κ3) is 7.35. The molecule has 4 nitrogen and oxygen atoms in total. The summed E-state index contributed by atoms with van der Waals surface area (Å²) in [5.41, 5.74) is 0. The second-order valence-electron chi connectivity index (χ2n) is 2.45. The fourth-order valence-electron chi connectivity index (χ4n) is 0.862. The number of hydrogen-bond acceptors (Lipinski definition) is 4. The molecule has 13 heavy (non-hydrogen) atoms. The molecule has 0 aliphatic carbocycles. The van der Waals surface area contributed by atoms with Crippen LogP contribution in [0.25, 0.3) is 0 Å². The van der Waals surface area contributed by atoms with Crippen LogP contribution in [0, 0.1) is 0 Å². The van der Waals surface area contributed by atoms with Crippen molar-refractivity contribution in [3.8, 4) is 0 Å². The van der Waals surface area contributed by atoms with E-state index in [1.165, 1.54) is 0 Å². The Labute approximate surface area is 85.4 Å². The molecule has 6 heteroatoms. The van der Waals surface area contributed by atoms with Crippen LogP contribution in [0.3, 0.4) is 0 Å². The van der Waals surface area contributed by atoms with Gasteiger partial charge in [0.2, 0.25) is 0 Å². The van der Waals surface area contributed by atoms with Crippen molar-refractivity contribution in [3.05, 3.63) is 0 Å². The maximum absolute atomic E-state index is 5.17. The molecule has 0 spiro atoms. The van der Waals surface area contributed by atoms with Crippen molar-refractivity contribution in [2.24, 2.45) is 0 Å². The van der Waals surface area contributed by atoms with Crippen LogP contribution < -0.4 is 0 Å². The monoisotopic (exact) mass is 226 g/mol. The van der Waals surface area contributed by atoms with Gasteiger partial charge in [-0.25, -0.2) is 0 Å². The quantitative estimate of drug-likeness (QED) is 0.627. The highest BCUT2D eigenvalue weighted by Gasteiger charge is 2.36. The van der Waals surface area contributed by atoms with Crippen LogP contribution in [0.2, 0.25) is 6.04 Å². The summed E-state index contributed by atoms with van der Waals surface area (Å²) in [7, 11) is 5.24. The van der Waals surface area contributed by atoms with Crippen molar-refractivity contribution in [1.82, 2.24) is 0 Å². The second kappa shape index (κ2) is 10.4. The Hall–Kier alpha value is 0.274. The van der Waals surface area contributed by atoms with E-state index in [0.717, 1.165) is 23.0 Å². The van der Waals surface area contributed by atoms with Gasteiger partial charge in [0.1, 0.15) is 10.5 Å². The minimum Gasteiger partial charge on any atom is -0.431 e. The van der Waals surface area contributed by atoms with Crippen LogP contribution in [-0.4, -0.2) is 47.7 Å². The van der Waals surface area contributed by atoms with Crippen molar-refractivity contribution in [3.63, 3.8) is 0 Å². The second-order valence-corrected chi connectivity index (χ2v) is 6.36. The number of rotatable bonds is 5. The zero-order valence-electron chi connectivity index (χ0n) is 9.55. The fraction of sp³-hybridized carbons (Fsp3) is 1.00. The summed E-state index contributed by atoms with van der Waals surface area (Å²) in [5.74, 6) is 0. The Bertz CT molecular complexity index is 90.2. The predicted molar refractivity (Wildman–Crippen MR) is 58.8 cm³/mol. The largest absolute Gasteiger partial charge is 0.500 e. The van der Waals surface area contributed by atoms with E-state index in [1.807, 2.05) is 0 Å². The summed E-state index contributed by atoms with van der Waals surface area (Å²) < 4.78 is 19.9.